The van der Waals surface area contributed by atoms with E-state index in [1.165, 1.54) is 0 Å². The van der Waals surface area contributed by atoms with Gasteiger partial charge in [0.15, 0.2) is 0 Å². The van der Waals surface area contributed by atoms with Crippen LogP contribution in [0.25, 0.3) is 0 Å². The molecule has 5 nitrogen and oxygen atoms in total. The van der Waals surface area contributed by atoms with Gasteiger partial charge in [0.2, 0.25) is 10.0 Å². The summed E-state index contributed by atoms with van der Waals surface area (Å²) < 4.78 is 33.0. The molecule has 6 heteroatoms. The van der Waals surface area contributed by atoms with Gasteiger partial charge in [-0.15, -0.1) is 0 Å². The molecule has 1 rings (SSSR count). The summed E-state index contributed by atoms with van der Waals surface area (Å²) in [6.45, 7) is 13.0. The maximum absolute atomic E-state index is 12.3. The van der Waals surface area contributed by atoms with Crippen molar-refractivity contribution in [3.05, 3.63) is 29.8 Å². The average Bonchev–Trinajstić information content (AvgIpc) is 2.61. The standard InChI is InChI=1S/C22H39NO4S/c1-7-22(24,19-11-10-12-20(15-19)27-16-18(2)3)17-23-28(25,26)14-9-8-13-21(4,5)6/h10-12,15,18,23-24H,7-9,13-14,16-17H2,1-6H3/t22-/m1/s1. The number of hydrogen-bond donors (Lipinski definition) is 2. The summed E-state index contributed by atoms with van der Waals surface area (Å²) in [5.74, 6) is 1.17. The first-order valence-corrected chi connectivity index (χ1v) is 12.0. The smallest absolute Gasteiger partial charge is 0.211 e. The molecule has 0 amide bonds. The van der Waals surface area contributed by atoms with Gasteiger partial charge in [-0.1, -0.05) is 60.1 Å². The molecule has 0 fully saturated rings. The Kier molecular flexibility index (Phi) is 9.44. The predicted octanol–water partition coefficient (Wildman–Crippen LogP) is 4.45. The molecule has 0 aliphatic rings. The molecule has 0 aromatic heterocycles. The maximum Gasteiger partial charge on any atom is 0.211 e. The van der Waals surface area contributed by atoms with Crippen LogP contribution < -0.4 is 9.46 Å². The third-order valence-corrected chi connectivity index (χ3v) is 6.12. The van der Waals surface area contributed by atoms with Crippen LogP contribution in [0.5, 0.6) is 5.75 Å². The van der Waals surface area contributed by atoms with Crippen molar-refractivity contribution < 1.29 is 18.3 Å². The molecular weight excluding hydrogens is 374 g/mol. The minimum absolute atomic E-state index is 0.0429. The van der Waals surface area contributed by atoms with Crippen molar-refractivity contribution in [3.63, 3.8) is 0 Å². The second kappa shape index (κ2) is 10.6. The van der Waals surface area contributed by atoms with Crippen LogP contribution in [0.15, 0.2) is 24.3 Å². The van der Waals surface area contributed by atoms with Gasteiger partial charge in [0.25, 0.3) is 0 Å². The Morgan fingerprint density at radius 2 is 1.86 bits per heavy atom. The fourth-order valence-electron chi connectivity index (χ4n) is 2.82. The molecule has 0 aliphatic carbocycles. The van der Waals surface area contributed by atoms with Crippen LogP contribution in [-0.2, 0) is 15.6 Å². The van der Waals surface area contributed by atoms with Crippen molar-refractivity contribution in [1.82, 2.24) is 4.72 Å². The maximum atomic E-state index is 12.3. The number of nitrogens with one attached hydrogen (secondary N) is 1. The van der Waals surface area contributed by atoms with Gasteiger partial charge in [-0.2, -0.15) is 0 Å². The molecule has 162 valence electrons. The Balaban J connectivity index is 2.69. The molecule has 28 heavy (non-hydrogen) atoms. The molecule has 0 heterocycles. The van der Waals surface area contributed by atoms with Crippen LogP contribution in [0.1, 0.15) is 72.8 Å². The van der Waals surface area contributed by atoms with E-state index >= 15 is 0 Å². The van der Waals surface area contributed by atoms with E-state index < -0.39 is 15.6 Å². The number of sulfonamides is 1. The predicted molar refractivity (Wildman–Crippen MR) is 116 cm³/mol. The first kappa shape index (κ1) is 24.9. The Bertz CT molecular complexity index is 695. The zero-order valence-electron chi connectivity index (χ0n) is 18.4. The van der Waals surface area contributed by atoms with E-state index in [0.717, 1.165) is 12.8 Å². The largest absolute Gasteiger partial charge is 0.493 e. The van der Waals surface area contributed by atoms with E-state index in [9.17, 15) is 13.5 Å². The topological polar surface area (TPSA) is 75.6 Å². The highest BCUT2D eigenvalue weighted by atomic mass is 32.2. The molecule has 1 atom stereocenters. The number of rotatable bonds is 12. The van der Waals surface area contributed by atoms with Gasteiger partial charge in [0, 0.05) is 6.54 Å². The summed E-state index contributed by atoms with van der Waals surface area (Å²) in [5.41, 5.74) is -0.399. The number of ether oxygens (including phenoxy) is 1. The van der Waals surface area contributed by atoms with E-state index in [1.54, 1.807) is 6.07 Å². The van der Waals surface area contributed by atoms with Gasteiger partial charge in [-0.25, -0.2) is 13.1 Å². The molecule has 0 spiro atoms. The molecular formula is C22H39NO4S. The van der Waals surface area contributed by atoms with Gasteiger partial charge in [-0.3, -0.25) is 0 Å². The third-order valence-electron chi connectivity index (χ3n) is 4.71. The zero-order chi connectivity index (χ0) is 21.4. The second-order valence-electron chi connectivity index (χ2n) is 9.28. The molecule has 0 radical (unpaired) electrons. The number of unbranched alkanes of at least 4 members (excludes halogenated alkanes) is 1. The van der Waals surface area contributed by atoms with Crippen molar-refractivity contribution in [2.45, 2.75) is 72.8 Å². The van der Waals surface area contributed by atoms with Gasteiger partial charge in [0.1, 0.15) is 11.4 Å². The Morgan fingerprint density at radius 3 is 2.43 bits per heavy atom. The molecule has 1 aromatic rings. The highest BCUT2D eigenvalue weighted by Crippen LogP contribution is 2.28. The zero-order valence-corrected chi connectivity index (χ0v) is 19.2. The van der Waals surface area contributed by atoms with Gasteiger partial charge in [0.05, 0.1) is 12.4 Å². The lowest BCUT2D eigenvalue weighted by molar-refractivity contribution is 0.0377. The van der Waals surface area contributed by atoms with E-state index in [-0.39, 0.29) is 17.7 Å². The first-order valence-electron chi connectivity index (χ1n) is 10.3. The van der Waals surface area contributed by atoms with E-state index in [4.69, 9.17) is 4.74 Å². The summed E-state index contributed by atoms with van der Waals surface area (Å²) in [6.07, 6.45) is 2.88. The van der Waals surface area contributed by atoms with Crippen molar-refractivity contribution in [2.75, 3.05) is 18.9 Å². The molecule has 0 saturated carbocycles. The van der Waals surface area contributed by atoms with Crippen LogP contribution in [0, 0.1) is 11.3 Å². The normalized spacial score (nSPS) is 14.9. The highest BCUT2D eigenvalue weighted by Gasteiger charge is 2.29. The molecule has 0 aliphatic heterocycles. The number of benzene rings is 1. The van der Waals surface area contributed by atoms with Crippen molar-refractivity contribution in [3.8, 4) is 5.75 Å². The minimum Gasteiger partial charge on any atom is -0.493 e. The SMILES string of the molecule is CC[C@@](O)(CNS(=O)(=O)CCCCC(C)(C)C)c1cccc(OCC(C)C)c1. The Morgan fingerprint density at radius 1 is 1.18 bits per heavy atom. The minimum atomic E-state index is -3.42. The van der Waals surface area contributed by atoms with Crippen LogP contribution in [0.4, 0.5) is 0 Å². The monoisotopic (exact) mass is 413 g/mol. The fraction of sp³-hybridized carbons (Fsp3) is 0.727. The van der Waals surface area contributed by atoms with Crippen LogP contribution in [0.2, 0.25) is 0 Å². The number of aliphatic hydroxyl groups is 1. The van der Waals surface area contributed by atoms with Crippen LogP contribution in [-0.4, -0.2) is 32.4 Å². The lowest BCUT2D eigenvalue weighted by atomic mass is 9.90. The lowest BCUT2D eigenvalue weighted by Gasteiger charge is -2.28. The molecule has 0 bridgehead atoms. The molecule has 2 N–H and O–H groups in total. The van der Waals surface area contributed by atoms with Crippen molar-refractivity contribution in [2.24, 2.45) is 11.3 Å². The Hall–Kier alpha value is -1.11. The quantitative estimate of drug-likeness (QED) is 0.496. The third kappa shape index (κ3) is 9.39. The summed E-state index contributed by atoms with van der Waals surface area (Å²) in [7, 11) is -3.42. The van der Waals surface area contributed by atoms with Crippen molar-refractivity contribution >= 4 is 10.0 Å². The highest BCUT2D eigenvalue weighted by molar-refractivity contribution is 7.89. The summed E-state index contributed by atoms with van der Waals surface area (Å²) >= 11 is 0. The van der Waals surface area contributed by atoms with E-state index in [2.05, 4.69) is 39.3 Å². The molecule has 0 unspecified atom stereocenters. The first-order chi connectivity index (χ1) is 12.9. The molecule has 1 aromatic carbocycles. The van der Waals surface area contributed by atoms with Crippen LogP contribution >= 0.6 is 0 Å². The van der Waals surface area contributed by atoms with Crippen LogP contribution in [0.3, 0.4) is 0 Å². The van der Waals surface area contributed by atoms with Gasteiger partial charge in [-0.05, 0) is 48.3 Å². The second-order valence-corrected chi connectivity index (χ2v) is 11.2. The summed E-state index contributed by atoms with van der Waals surface area (Å²) in [6, 6.07) is 7.28. The Labute approximate surface area is 171 Å². The molecule has 0 saturated heterocycles. The summed E-state index contributed by atoms with van der Waals surface area (Å²) in [4.78, 5) is 0. The van der Waals surface area contributed by atoms with E-state index in [0.29, 0.717) is 36.7 Å². The number of hydrogen-bond acceptors (Lipinski definition) is 4. The van der Waals surface area contributed by atoms with Gasteiger partial charge >= 0.3 is 0 Å². The summed E-state index contributed by atoms with van der Waals surface area (Å²) in [5, 5.41) is 11.1. The van der Waals surface area contributed by atoms with Gasteiger partial charge < -0.3 is 9.84 Å². The fourth-order valence-corrected chi connectivity index (χ4v) is 4.01. The van der Waals surface area contributed by atoms with E-state index in [1.807, 2.05) is 25.1 Å². The average molecular weight is 414 g/mol. The lowest BCUT2D eigenvalue weighted by Crippen LogP contribution is -2.41. The van der Waals surface area contributed by atoms with Crippen molar-refractivity contribution in [1.29, 1.82) is 0 Å².